The van der Waals surface area contributed by atoms with E-state index >= 15 is 0 Å². The van der Waals surface area contributed by atoms with Gasteiger partial charge in [0.05, 0.1) is 0 Å². The Hall–Kier alpha value is -1.80. The van der Waals surface area contributed by atoms with Crippen LogP contribution in [0.5, 0.6) is 5.75 Å². The summed E-state index contributed by atoms with van der Waals surface area (Å²) in [5.41, 5.74) is 1.24. The molecule has 2 nitrogen and oxygen atoms in total. The van der Waals surface area contributed by atoms with Gasteiger partial charge in [0.1, 0.15) is 5.75 Å². The van der Waals surface area contributed by atoms with Gasteiger partial charge >= 0.3 is 0 Å². The molecule has 0 saturated carbocycles. The van der Waals surface area contributed by atoms with E-state index in [1.807, 2.05) is 18.2 Å². The Balaban J connectivity index is 0.00000128. The van der Waals surface area contributed by atoms with E-state index in [-0.39, 0.29) is 23.9 Å². The summed E-state index contributed by atoms with van der Waals surface area (Å²) < 4.78 is 0. The van der Waals surface area contributed by atoms with Gasteiger partial charge in [0.15, 0.2) is 5.78 Å². The fourth-order valence-corrected chi connectivity index (χ4v) is 1.37. The van der Waals surface area contributed by atoms with Crippen LogP contribution in [-0.4, -0.2) is 10.9 Å². The molecule has 2 aromatic rings. The smallest absolute Gasteiger partial charge is 0.193 e. The van der Waals surface area contributed by atoms with E-state index in [1.54, 1.807) is 24.3 Å². The Morgan fingerprint density at radius 2 is 1.31 bits per heavy atom. The molecule has 0 aromatic heterocycles. The highest BCUT2D eigenvalue weighted by atomic mass is 35.5. The summed E-state index contributed by atoms with van der Waals surface area (Å²) >= 11 is 0. The molecular weight excluding hydrogens is 224 g/mol. The molecule has 0 aliphatic carbocycles. The second-order valence-electron chi connectivity index (χ2n) is 3.24. The Kier molecular flexibility index (Phi) is 4.09. The maximum atomic E-state index is 11.9. The zero-order chi connectivity index (χ0) is 10.7. The third-order valence-electron chi connectivity index (χ3n) is 2.17. The number of halogens is 1. The van der Waals surface area contributed by atoms with Crippen LogP contribution in [0, 0.1) is 0 Å². The van der Waals surface area contributed by atoms with Crippen molar-refractivity contribution in [3.05, 3.63) is 65.7 Å². The van der Waals surface area contributed by atoms with Crippen molar-refractivity contribution in [1.29, 1.82) is 0 Å². The number of rotatable bonds is 2. The van der Waals surface area contributed by atoms with Gasteiger partial charge in [-0.25, -0.2) is 0 Å². The zero-order valence-corrected chi connectivity index (χ0v) is 9.28. The van der Waals surface area contributed by atoms with E-state index in [0.717, 1.165) is 0 Å². The Bertz CT molecular complexity index is 463. The van der Waals surface area contributed by atoms with Crippen LogP contribution in [0.1, 0.15) is 15.9 Å². The minimum atomic E-state index is -0.0319. The lowest BCUT2D eigenvalue weighted by Gasteiger charge is -2.00. The zero-order valence-electron chi connectivity index (χ0n) is 8.46. The molecular formula is C13H11ClO2. The highest BCUT2D eigenvalue weighted by Crippen LogP contribution is 2.13. The largest absolute Gasteiger partial charge is 0.508 e. The van der Waals surface area contributed by atoms with E-state index in [2.05, 4.69) is 0 Å². The average Bonchev–Trinajstić information content (AvgIpc) is 2.30. The predicted molar refractivity (Wildman–Crippen MR) is 65.2 cm³/mol. The van der Waals surface area contributed by atoms with Crippen molar-refractivity contribution in [3.63, 3.8) is 0 Å². The van der Waals surface area contributed by atoms with Gasteiger partial charge in [0.25, 0.3) is 0 Å². The molecule has 0 fully saturated rings. The maximum Gasteiger partial charge on any atom is 0.193 e. The van der Waals surface area contributed by atoms with Gasteiger partial charge in [0, 0.05) is 11.1 Å². The van der Waals surface area contributed by atoms with E-state index in [0.29, 0.717) is 11.1 Å². The molecule has 0 aliphatic rings. The van der Waals surface area contributed by atoms with E-state index in [1.165, 1.54) is 12.1 Å². The van der Waals surface area contributed by atoms with Crippen LogP contribution in [-0.2, 0) is 0 Å². The van der Waals surface area contributed by atoms with Crippen LogP contribution in [0.2, 0.25) is 0 Å². The molecule has 2 rings (SSSR count). The van der Waals surface area contributed by atoms with Crippen molar-refractivity contribution in [2.24, 2.45) is 0 Å². The summed E-state index contributed by atoms with van der Waals surface area (Å²) in [4.78, 5) is 11.9. The van der Waals surface area contributed by atoms with E-state index < -0.39 is 0 Å². The molecule has 0 heterocycles. The maximum absolute atomic E-state index is 11.9. The molecule has 0 spiro atoms. The summed E-state index contributed by atoms with van der Waals surface area (Å²) in [5.74, 6) is 0.134. The summed E-state index contributed by atoms with van der Waals surface area (Å²) in [6.07, 6.45) is 0. The van der Waals surface area contributed by atoms with Crippen molar-refractivity contribution in [2.75, 3.05) is 0 Å². The fraction of sp³-hybridized carbons (Fsp3) is 0. The number of aromatic hydroxyl groups is 1. The van der Waals surface area contributed by atoms with Gasteiger partial charge in [-0.1, -0.05) is 30.3 Å². The Morgan fingerprint density at radius 1 is 0.812 bits per heavy atom. The van der Waals surface area contributed by atoms with Crippen molar-refractivity contribution in [1.82, 2.24) is 0 Å². The first kappa shape index (κ1) is 12.3. The van der Waals surface area contributed by atoms with Crippen LogP contribution in [0.25, 0.3) is 0 Å². The SMILES string of the molecule is Cl.O=C(c1ccccc1)c1ccc(O)cc1. The number of hydrogen-bond acceptors (Lipinski definition) is 2. The highest BCUT2D eigenvalue weighted by molar-refractivity contribution is 6.08. The molecule has 0 amide bonds. The third-order valence-corrected chi connectivity index (χ3v) is 2.17. The summed E-state index contributed by atoms with van der Waals surface area (Å²) in [6, 6.07) is 15.3. The molecule has 16 heavy (non-hydrogen) atoms. The van der Waals surface area contributed by atoms with Crippen LogP contribution in [0.4, 0.5) is 0 Å². The molecule has 0 aliphatic heterocycles. The van der Waals surface area contributed by atoms with Gasteiger partial charge in [0.2, 0.25) is 0 Å². The lowest BCUT2D eigenvalue weighted by atomic mass is 10.0. The second kappa shape index (κ2) is 5.33. The number of phenolic OH excluding ortho intramolecular Hbond substituents is 1. The van der Waals surface area contributed by atoms with Gasteiger partial charge in [-0.2, -0.15) is 0 Å². The molecule has 0 unspecified atom stereocenters. The number of phenols is 1. The van der Waals surface area contributed by atoms with Crippen LogP contribution < -0.4 is 0 Å². The molecule has 0 bridgehead atoms. The number of carbonyl (C=O) groups excluding carboxylic acids is 1. The lowest BCUT2D eigenvalue weighted by Crippen LogP contribution is -1.99. The van der Waals surface area contributed by atoms with Crippen LogP contribution in [0.15, 0.2) is 54.6 Å². The van der Waals surface area contributed by atoms with Gasteiger partial charge in [-0.15, -0.1) is 12.4 Å². The summed E-state index contributed by atoms with van der Waals surface area (Å²) in [7, 11) is 0. The Labute approximate surface area is 100.0 Å². The van der Waals surface area contributed by atoms with Crippen LogP contribution >= 0.6 is 12.4 Å². The Morgan fingerprint density at radius 3 is 1.88 bits per heavy atom. The van der Waals surface area contributed by atoms with Crippen molar-refractivity contribution < 1.29 is 9.90 Å². The highest BCUT2D eigenvalue weighted by Gasteiger charge is 2.07. The summed E-state index contributed by atoms with van der Waals surface area (Å²) in [5, 5.41) is 9.10. The first-order valence-electron chi connectivity index (χ1n) is 4.66. The number of hydrogen-bond donors (Lipinski definition) is 1. The molecule has 2 aromatic carbocycles. The minimum Gasteiger partial charge on any atom is -0.508 e. The predicted octanol–water partition coefficient (Wildman–Crippen LogP) is 3.05. The molecule has 0 saturated heterocycles. The van der Waals surface area contributed by atoms with Gasteiger partial charge < -0.3 is 5.11 Å². The van der Waals surface area contributed by atoms with E-state index in [9.17, 15) is 4.79 Å². The van der Waals surface area contributed by atoms with Gasteiger partial charge in [-0.05, 0) is 24.3 Å². The molecule has 82 valence electrons. The van der Waals surface area contributed by atoms with Gasteiger partial charge in [-0.3, -0.25) is 4.79 Å². The topological polar surface area (TPSA) is 37.3 Å². The first-order chi connectivity index (χ1) is 7.27. The average molecular weight is 235 g/mol. The molecule has 0 radical (unpaired) electrons. The minimum absolute atomic E-state index is 0. The third kappa shape index (κ3) is 2.61. The quantitative estimate of drug-likeness (QED) is 0.811. The monoisotopic (exact) mass is 234 g/mol. The summed E-state index contributed by atoms with van der Waals surface area (Å²) in [6.45, 7) is 0. The normalized spacial score (nSPS) is 9.25. The standard InChI is InChI=1S/C13H10O2.ClH/c14-12-8-6-11(7-9-12)13(15)10-4-2-1-3-5-10;/h1-9,14H;1H. The van der Waals surface area contributed by atoms with Crippen LogP contribution in [0.3, 0.4) is 0 Å². The van der Waals surface area contributed by atoms with E-state index in [4.69, 9.17) is 5.11 Å². The fourth-order valence-electron chi connectivity index (χ4n) is 1.37. The second-order valence-corrected chi connectivity index (χ2v) is 3.24. The van der Waals surface area contributed by atoms with Crippen molar-refractivity contribution >= 4 is 18.2 Å². The number of carbonyl (C=O) groups is 1. The number of benzene rings is 2. The van der Waals surface area contributed by atoms with Crippen molar-refractivity contribution in [2.45, 2.75) is 0 Å². The molecule has 0 atom stereocenters. The number of ketones is 1. The first-order valence-corrected chi connectivity index (χ1v) is 4.66. The molecule has 1 N–H and O–H groups in total. The van der Waals surface area contributed by atoms with Crippen molar-refractivity contribution in [3.8, 4) is 5.75 Å². The lowest BCUT2D eigenvalue weighted by molar-refractivity contribution is 0.103. The molecule has 3 heteroatoms.